The zero-order valence-corrected chi connectivity index (χ0v) is 12.5. The van der Waals surface area contributed by atoms with E-state index in [9.17, 15) is 5.11 Å². The summed E-state index contributed by atoms with van der Waals surface area (Å²) < 4.78 is 0. The molecule has 1 heteroatoms. The van der Waals surface area contributed by atoms with Crippen LogP contribution in [0.3, 0.4) is 0 Å². The molecule has 0 spiro atoms. The molecule has 0 fully saturated rings. The lowest BCUT2D eigenvalue weighted by Gasteiger charge is -2.29. The van der Waals surface area contributed by atoms with E-state index >= 15 is 0 Å². The molecule has 0 heterocycles. The molecule has 17 heavy (non-hydrogen) atoms. The molecule has 0 aromatic heterocycles. The first-order valence-corrected chi connectivity index (χ1v) is 6.47. The number of aliphatic hydroxyl groups is 1. The molecular formula is C16H28O. The fraction of sp³-hybridized carbons (Fsp3) is 0.750. The third kappa shape index (κ3) is 6.54. The number of aliphatic hydroxyl groups excluding tert-OH is 1. The molecule has 1 nitrogen and oxygen atoms in total. The molecule has 0 aliphatic heterocycles. The second kappa shape index (κ2) is 6.26. The number of allylic oxidation sites excluding steroid dienone is 1. The van der Waals surface area contributed by atoms with Gasteiger partial charge in [-0.05, 0) is 19.3 Å². The Morgan fingerprint density at radius 2 is 1.71 bits per heavy atom. The Balaban J connectivity index is 4.70. The van der Waals surface area contributed by atoms with Crippen LogP contribution in [0.2, 0.25) is 0 Å². The Morgan fingerprint density at radius 1 is 1.18 bits per heavy atom. The zero-order valence-electron chi connectivity index (χ0n) is 12.5. The molecule has 0 rings (SSSR count). The molecule has 1 unspecified atom stereocenters. The molecule has 0 aliphatic rings. The molecule has 0 saturated carbocycles. The van der Waals surface area contributed by atoms with Gasteiger partial charge in [0.2, 0.25) is 0 Å². The van der Waals surface area contributed by atoms with Gasteiger partial charge in [-0.1, -0.05) is 52.7 Å². The van der Waals surface area contributed by atoms with E-state index in [2.05, 4.69) is 59.5 Å². The van der Waals surface area contributed by atoms with Gasteiger partial charge in [0, 0.05) is 17.8 Å². The average Bonchev–Trinajstić information content (AvgIpc) is 2.21. The Bertz CT molecular complexity index is 307. The monoisotopic (exact) mass is 236 g/mol. The highest BCUT2D eigenvalue weighted by atomic mass is 16.3. The van der Waals surface area contributed by atoms with Crippen LogP contribution in [-0.4, -0.2) is 11.2 Å². The van der Waals surface area contributed by atoms with E-state index in [1.54, 1.807) is 0 Å². The Morgan fingerprint density at radius 3 is 2.12 bits per heavy atom. The Hall–Kier alpha value is -0.740. The van der Waals surface area contributed by atoms with E-state index in [1.807, 2.05) is 13.0 Å². The number of hydrogen-bond donors (Lipinski definition) is 1. The summed E-state index contributed by atoms with van der Waals surface area (Å²) >= 11 is 0. The van der Waals surface area contributed by atoms with E-state index in [0.717, 1.165) is 6.42 Å². The van der Waals surface area contributed by atoms with Crippen molar-refractivity contribution in [2.45, 2.75) is 61.0 Å². The minimum absolute atomic E-state index is 0.111. The van der Waals surface area contributed by atoms with Gasteiger partial charge in [0.05, 0.1) is 6.10 Å². The molecule has 0 aromatic rings. The highest BCUT2D eigenvalue weighted by Crippen LogP contribution is 2.29. The predicted octanol–water partition coefficient (Wildman–Crippen LogP) is 4.03. The van der Waals surface area contributed by atoms with Gasteiger partial charge in [-0.2, -0.15) is 0 Å². The summed E-state index contributed by atoms with van der Waals surface area (Å²) in [5.41, 5.74) is -0.0441. The third-order valence-electron chi connectivity index (χ3n) is 3.03. The molecule has 0 aliphatic carbocycles. The summed E-state index contributed by atoms with van der Waals surface area (Å²) in [6.07, 6.45) is 4.40. The topological polar surface area (TPSA) is 20.2 Å². The maximum Gasteiger partial charge on any atom is 0.0760 e. The highest BCUT2D eigenvalue weighted by molar-refractivity contribution is 5.12. The van der Waals surface area contributed by atoms with Crippen molar-refractivity contribution in [1.82, 2.24) is 0 Å². The van der Waals surface area contributed by atoms with Crippen molar-refractivity contribution in [3.63, 3.8) is 0 Å². The van der Waals surface area contributed by atoms with Crippen LogP contribution in [0, 0.1) is 28.6 Å². The second-order valence-corrected chi connectivity index (χ2v) is 6.38. The van der Waals surface area contributed by atoms with Gasteiger partial charge in [0.1, 0.15) is 0 Å². The molecule has 0 aromatic carbocycles. The number of rotatable bonds is 3. The average molecular weight is 236 g/mol. The third-order valence-corrected chi connectivity index (χ3v) is 3.03. The Kier molecular flexibility index (Phi) is 5.99. The molecule has 0 bridgehead atoms. The fourth-order valence-electron chi connectivity index (χ4n) is 1.41. The van der Waals surface area contributed by atoms with Gasteiger partial charge in [0.15, 0.2) is 0 Å². The Labute approximate surface area is 107 Å². The minimum atomic E-state index is -0.435. The van der Waals surface area contributed by atoms with Crippen molar-refractivity contribution in [3.8, 4) is 11.8 Å². The van der Waals surface area contributed by atoms with Gasteiger partial charge < -0.3 is 5.11 Å². The maximum atomic E-state index is 10.2. The van der Waals surface area contributed by atoms with E-state index in [-0.39, 0.29) is 16.7 Å². The lowest BCUT2D eigenvalue weighted by atomic mass is 9.77. The van der Waals surface area contributed by atoms with Crippen LogP contribution in [0.4, 0.5) is 0 Å². The molecule has 98 valence electrons. The molecule has 0 radical (unpaired) electrons. The van der Waals surface area contributed by atoms with Gasteiger partial charge in [-0.15, -0.1) is 5.92 Å². The first kappa shape index (κ1) is 16.3. The normalized spacial score (nSPS) is 16.5. The SMILES string of the molecule is CCC#CC(C)(C)C(C)[C@H](O)/C=C/C(C)(C)C. The van der Waals surface area contributed by atoms with Crippen LogP contribution in [0.5, 0.6) is 0 Å². The van der Waals surface area contributed by atoms with E-state index in [0.29, 0.717) is 0 Å². The van der Waals surface area contributed by atoms with Gasteiger partial charge in [0.25, 0.3) is 0 Å². The van der Waals surface area contributed by atoms with Crippen LogP contribution < -0.4 is 0 Å². The molecule has 0 saturated heterocycles. The summed E-state index contributed by atoms with van der Waals surface area (Å²) in [5.74, 6) is 6.48. The van der Waals surface area contributed by atoms with Crippen molar-refractivity contribution in [2.75, 3.05) is 0 Å². The van der Waals surface area contributed by atoms with Crippen LogP contribution in [0.15, 0.2) is 12.2 Å². The summed E-state index contributed by atoms with van der Waals surface area (Å²) in [7, 11) is 0. The van der Waals surface area contributed by atoms with Crippen LogP contribution >= 0.6 is 0 Å². The van der Waals surface area contributed by atoms with E-state index in [1.165, 1.54) is 0 Å². The summed E-state index contributed by atoms with van der Waals surface area (Å²) in [6.45, 7) is 14.7. The van der Waals surface area contributed by atoms with Crippen molar-refractivity contribution in [2.24, 2.45) is 16.7 Å². The smallest absolute Gasteiger partial charge is 0.0760 e. The van der Waals surface area contributed by atoms with Crippen LogP contribution in [-0.2, 0) is 0 Å². The first-order chi connectivity index (χ1) is 7.60. The van der Waals surface area contributed by atoms with Crippen LogP contribution in [0.25, 0.3) is 0 Å². The van der Waals surface area contributed by atoms with Crippen molar-refractivity contribution in [1.29, 1.82) is 0 Å². The van der Waals surface area contributed by atoms with Gasteiger partial charge in [-0.3, -0.25) is 0 Å². The number of hydrogen-bond acceptors (Lipinski definition) is 1. The summed E-state index contributed by atoms with van der Waals surface area (Å²) in [4.78, 5) is 0. The quantitative estimate of drug-likeness (QED) is 0.579. The lowest BCUT2D eigenvalue weighted by molar-refractivity contribution is 0.108. The molecular weight excluding hydrogens is 208 g/mol. The zero-order chi connectivity index (χ0) is 13.7. The summed E-state index contributed by atoms with van der Waals surface area (Å²) in [5, 5.41) is 10.2. The van der Waals surface area contributed by atoms with Gasteiger partial charge in [-0.25, -0.2) is 0 Å². The van der Waals surface area contributed by atoms with E-state index in [4.69, 9.17) is 0 Å². The van der Waals surface area contributed by atoms with Crippen molar-refractivity contribution in [3.05, 3.63) is 12.2 Å². The fourth-order valence-corrected chi connectivity index (χ4v) is 1.41. The van der Waals surface area contributed by atoms with Crippen molar-refractivity contribution >= 4 is 0 Å². The standard InChI is InChI=1S/C16H28O/c1-8-9-11-16(6,7)13(2)14(17)10-12-15(3,4)5/h10,12-14,17H,8H2,1-7H3/b12-10+/t13?,14-/m1/s1. The van der Waals surface area contributed by atoms with E-state index < -0.39 is 6.10 Å². The molecule has 0 amide bonds. The molecule has 1 N–H and O–H groups in total. The second-order valence-electron chi connectivity index (χ2n) is 6.38. The summed E-state index contributed by atoms with van der Waals surface area (Å²) in [6, 6.07) is 0. The highest BCUT2D eigenvalue weighted by Gasteiger charge is 2.28. The maximum absolute atomic E-state index is 10.2. The first-order valence-electron chi connectivity index (χ1n) is 6.47. The lowest BCUT2D eigenvalue weighted by Crippen LogP contribution is -2.30. The van der Waals surface area contributed by atoms with Crippen LogP contribution in [0.1, 0.15) is 54.9 Å². The minimum Gasteiger partial charge on any atom is -0.389 e. The van der Waals surface area contributed by atoms with Gasteiger partial charge >= 0.3 is 0 Å². The predicted molar refractivity (Wildman–Crippen MR) is 75.6 cm³/mol. The largest absolute Gasteiger partial charge is 0.389 e. The van der Waals surface area contributed by atoms with Crippen molar-refractivity contribution < 1.29 is 5.11 Å². The molecule has 2 atom stereocenters.